The number of primary sulfonamides is 1. The number of benzene rings is 1. The van der Waals surface area contributed by atoms with Crippen LogP contribution in [0, 0.1) is 0 Å². The van der Waals surface area contributed by atoms with E-state index in [2.05, 4.69) is 4.74 Å². The highest BCUT2D eigenvalue weighted by Crippen LogP contribution is 2.22. The number of hydrogen-bond acceptors (Lipinski definition) is 3. The van der Waals surface area contributed by atoms with Gasteiger partial charge < -0.3 is 4.74 Å². The second-order valence-electron chi connectivity index (χ2n) is 2.69. The van der Waals surface area contributed by atoms with Crippen LogP contribution >= 0.6 is 0 Å². The van der Waals surface area contributed by atoms with Crippen molar-refractivity contribution >= 4 is 10.0 Å². The van der Waals surface area contributed by atoms with Crippen molar-refractivity contribution in [3.8, 4) is 5.75 Å². The minimum Gasteiger partial charge on any atom is -0.486 e. The molecule has 1 aromatic carbocycles. The fourth-order valence-corrected chi connectivity index (χ4v) is 1.63. The van der Waals surface area contributed by atoms with Gasteiger partial charge >= 0.3 is 0 Å². The van der Waals surface area contributed by atoms with Gasteiger partial charge in [-0.15, -0.1) is 0 Å². The molecule has 0 aliphatic rings. The first-order chi connectivity index (χ1) is 6.91. The van der Waals surface area contributed by atoms with E-state index in [9.17, 15) is 17.2 Å². The van der Waals surface area contributed by atoms with Gasteiger partial charge in [-0.3, -0.25) is 0 Å². The molecule has 7 heteroatoms. The molecule has 0 saturated carbocycles. The zero-order valence-corrected chi connectivity index (χ0v) is 8.38. The SMILES string of the molecule is NS(=O)(=O)c1ccccc1OCC(F)F. The minimum absolute atomic E-state index is 0.166. The third-order valence-corrected chi connectivity index (χ3v) is 2.47. The molecular formula is C8H9F2NO3S. The molecule has 0 aliphatic heterocycles. The fourth-order valence-electron chi connectivity index (χ4n) is 0.957. The van der Waals surface area contributed by atoms with Crippen LogP contribution < -0.4 is 9.88 Å². The van der Waals surface area contributed by atoms with Gasteiger partial charge in [0.2, 0.25) is 10.0 Å². The van der Waals surface area contributed by atoms with Crippen molar-refractivity contribution in [1.82, 2.24) is 0 Å². The first-order valence-corrected chi connectivity index (χ1v) is 5.48. The standard InChI is InChI=1S/C8H9F2NO3S/c9-8(10)5-14-6-3-1-2-4-7(6)15(11,12)13/h1-4,8H,5H2,(H2,11,12,13). The van der Waals surface area contributed by atoms with Gasteiger partial charge in [-0.25, -0.2) is 22.3 Å². The quantitative estimate of drug-likeness (QED) is 0.848. The maximum absolute atomic E-state index is 11.8. The Morgan fingerprint density at radius 2 is 1.93 bits per heavy atom. The van der Waals surface area contributed by atoms with Crippen LogP contribution in [0.2, 0.25) is 0 Å². The van der Waals surface area contributed by atoms with Crippen molar-refractivity contribution < 1.29 is 21.9 Å². The summed E-state index contributed by atoms with van der Waals surface area (Å²) in [5.74, 6) is -0.166. The molecule has 0 heterocycles. The third kappa shape index (κ3) is 3.45. The molecule has 2 N–H and O–H groups in total. The molecule has 1 rings (SSSR count). The number of alkyl halides is 2. The Hall–Kier alpha value is -1.21. The van der Waals surface area contributed by atoms with E-state index in [1.165, 1.54) is 24.3 Å². The fraction of sp³-hybridized carbons (Fsp3) is 0.250. The number of halogens is 2. The van der Waals surface area contributed by atoms with Crippen molar-refractivity contribution in [2.45, 2.75) is 11.3 Å². The maximum Gasteiger partial charge on any atom is 0.272 e. The van der Waals surface area contributed by atoms with Gasteiger partial charge in [0.1, 0.15) is 17.3 Å². The van der Waals surface area contributed by atoms with Crippen LogP contribution in [0.1, 0.15) is 0 Å². The largest absolute Gasteiger partial charge is 0.486 e. The van der Waals surface area contributed by atoms with E-state index >= 15 is 0 Å². The molecule has 0 aromatic heterocycles. The van der Waals surface area contributed by atoms with Gasteiger partial charge in [-0.1, -0.05) is 12.1 Å². The monoisotopic (exact) mass is 237 g/mol. The Labute approximate surface area is 85.7 Å². The molecule has 0 aliphatic carbocycles. The van der Waals surface area contributed by atoms with E-state index in [1.54, 1.807) is 0 Å². The molecular weight excluding hydrogens is 228 g/mol. The van der Waals surface area contributed by atoms with Crippen LogP contribution in [0.4, 0.5) is 8.78 Å². The van der Waals surface area contributed by atoms with E-state index < -0.39 is 23.1 Å². The molecule has 15 heavy (non-hydrogen) atoms. The summed E-state index contributed by atoms with van der Waals surface area (Å²) < 4.78 is 50.3. The normalized spacial score (nSPS) is 11.7. The van der Waals surface area contributed by atoms with Crippen molar-refractivity contribution in [3.63, 3.8) is 0 Å². The molecule has 0 bridgehead atoms. The van der Waals surface area contributed by atoms with Gasteiger partial charge in [-0.2, -0.15) is 0 Å². The second-order valence-corrected chi connectivity index (χ2v) is 4.22. The summed E-state index contributed by atoms with van der Waals surface area (Å²) in [6.07, 6.45) is -2.67. The molecule has 0 atom stereocenters. The van der Waals surface area contributed by atoms with E-state index in [1.807, 2.05) is 0 Å². The van der Waals surface area contributed by atoms with Gasteiger partial charge in [-0.05, 0) is 12.1 Å². The lowest BCUT2D eigenvalue weighted by Crippen LogP contribution is -2.15. The Bertz CT molecular complexity index is 433. The molecule has 4 nitrogen and oxygen atoms in total. The van der Waals surface area contributed by atoms with Crippen molar-refractivity contribution in [2.75, 3.05) is 6.61 Å². The number of hydrogen-bond donors (Lipinski definition) is 1. The minimum atomic E-state index is -3.95. The summed E-state index contributed by atoms with van der Waals surface area (Å²) in [5, 5.41) is 4.87. The van der Waals surface area contributed by atoms with Crippen molar-refractivity contribution in [1.29, 1.82) is 0 Å². The van der Waals surface area contributed by atoms with Crippen LogP contribution in [-0.4, -0.2) is 21.5 Å². The van der Waals surface area contributed by atoms with Gasteiger partial charge in [0, 0.05) is 0 Å². The first-order valence-electron chi connectivity index (χ1n) is 3.94. The molecule has 0 unspecified atom stereocenters. The average molecular weight is 237 g/mol. The molecule has 1 aromatic rings. The maximum atomic E-state index is 11.8. The number of ether oxygens (including phenoxy) is 1. The lowest BCUT2D eigenvalue weighted by molar-refractivity contribution is 0.0804. The predicted octanol–water partition coefficient (Wildman–Crippen LogP) is 0.978. The topological polar surface area (TPSA) is 69.4 Å². The number of para-hydroxylation sites is 1. The predicted molar refractivity (Wildman–Crippen MR) is 49.3 cm³/mol. The zero-order chi connectivity index (χ0) is 11.5. The van der Waals surface area contributed by atoms with E-state index in [4.69, 9.17) is 5.14 Å². The summed E-state index contributed by atoms with van der Waals surface area (Å²) in [4.78, 5) is -0.300. The molecule has 0 fully saturated rings. The van der Waals surface area contributed by atoms with E-state index in [0.717, 1.165) is 0 Å². The first kappa shape index (κ1) is 11.9. The highest BCUT2D eigenvalue weighted by Gasteiger charge is 2.15. The highest BCUT2D eigenvalue weighted by molar-refractivity contribution is 7.89. The number of sulfonamides is 1. The van der Waals surface area contributed by atoms with Crippen molar-refractivity contribution in [3.05, 3.63) is 24.3 Å². The Kier molecular flexibility index (Phi) is 3.59. The lowest BCUT2D eigenvalue weighted by atomic mass is 10.3. The van der Waals surface area contributed by atoms with Crippen molar-refractivity contribution in [2.24, 2.45) is 5.14 Å². The smallest absolute Gasteiger partial charge is 0.272 e. The molecule has 0 saturated heterocycles. The van der Waals surface area contributed by atoms with Gasteiger partial charge in [0.05, 0.1) is 0 Å². The molecule has 0 radical (unpaired) electrons. The highest BCUT2D eigenvalue weighted by atomic mass is 32.2. The van der Waals surface area contributed by atoms with E-state index in [0.29, 0.717) is 0 Å². The van der Waals surface area contributed by atoms with Gasteiger partial charge in [0.25, 0.3) is 6.43 Å². The summed E-state index contributed by atoms with van der Waals surface area (Å²) in [5.41, 5.74) is 0. The Morgan fingerprint density at radius 3 is 2.47 bits per heavy atom. The summed E-state index contributed by atoms with van der Waals surface area (Å²) in [6.45, 7) is -0.869. The molecule has 0 spiro atoms. The summed E-state index contributed by atoms with van der Waals surface area (Å²) in [7, 11) is -3.95. The Balaban J connectivity index is 2.98. The van der Waals surface area contributed by atoms with Crippen LogP contribution in [0.3, 0.4) is 0 Å². The zero-order valence-electron chi connectivity index (χ0n) is 7.56. The van der Waals surface area contributed by atoms with Crippen LogP contribution in [0.5, 0.6) is 5.75 Å². The second kappa shape index (κ2) is 4.54. The van der Waals surface area contributed by atoms with E-state index in [-0.39, 0.29) is 10.6 Å². The summed E-state index contributed by atoms with van der Waals surface area (Å²) >= 11 is 0. The van der Waals surface area contributed by atoms with Crippen LogP contribution in [0.25, 0.3) is 0 Å². The van der Waals surface area contributed by atoms with Crippen LogP contribution in [0.15, 0.2) is 29.2 Å². The number of rotatable bonds is 4. The lowest BCUT2D eigenvalue weighted by Gasteiger charge is -2.08. The molecule has 84 valence electrons. The average Bonchev–Trinajstić information content (AvgIpc) is 2.13. The Morgan fingerprint density at radius 1 is 1.33 bits per heavy atom. The van der Waals surface area contributed by atoms with Gasteiger partial charge in [0.15, 0.2) is 0 Å². The molecule has 0 amide bonds. The van der Waals surface area contributed by atoms with Crippen LogP contribution in [-0.2, 0) is 10.0 Å². The summed E-state index contributed by atoms with van der Waals surface area (Å²) in [6, 6.07) is 5.35. The number of nitrogens with two attached hydrogens (primary N) is 1. The third-order valence-electron chi connectivity index (χ3n) is 1.52.